The Morgan fingerprint density at radius 2 is 2.04 bits per heavy atom. The van der Waals surface area contributed by atoms with Crippen LogP contribution in [-0.2, 0) is 11.3 Å². The van der Waals surface area contributed by atoms with E-state index in [0.717, 1.165) is 30.4 Å². The molecule has 0 radical (unpaired) electrons. The van der Waals surface area contributed by atoms with Crippen molar-refractivity contribution in [2.75, 3.05) is 19.6 Å². The monoisotopic (exact) mass is 398 g/mol. The summed E-state index contributed by atoms with van der Waals surface area (Å²) in [6.45, 7) is 8.36. The number of hydrogen-bond acceptors (Lipinski definition) is 3. The summed E-state index contributed by atoms with van der Waals surface area (Å²) in [5.41, 5.74) is 0.0817. The molecule has 24 heavy (non-hydrogen) atoms. The van der Waals surface area contributed by atoms with E-state index in [1.165, 1.54) is 6.07 Å². The van der Waals surface area contributed by atoms with E-state index in [0.29, 0.717) is 18.7 Å². The van der Waals surface area contributed by atoms with Crippen LogP contribution in [-0.4, -0.2) is 46.7 Å². The predicted octanol–water partition coefficient (Wildman–Crippen LogP) is 4.17. The zero-order valence-electron chi connectivity index (χ0n) is 14.4. The van der Waals surface area contributed by atoms with Crippen LogP contribution in [0.3, 0.4) is 0 Å². The molecule has 1 saturated heterocycles. The van der Waals surface area contributed by atoms with Crippen molar-refractivity contribution < 1.29 is 13.9 Å². The van der Waals surface area contributed by atoms with Crippen molar-refractivity contribution in [3.63, 3.8) is 0 Å². The van der Waals surface area contributed by atoms with Crippen LogP contribution in [0, 0.1) is 5.82 Å². The van der Waals surface area contributed by atoms with E-state index < -0.39 is 5.60 Å². The maximum atomic E-state index is 14.0. The van der Waals surface area contributed by atoms with Gasteiger partial charge in [-0.05, 0) is 51.8 Å². The highest BCUT2D eigenvalue weighted by molar-refractivity contribution is 9.10. The van der Waals surface area contributed by atoms with Crippen molar-refractivity contribution >= 4 is 22.0 Å². The standard InChI is InChI=1S/C18H24BrFN2O2/c1-17(2,3)24-16(23)22-9-8-21(12-18(22)6-7-18)11-13-10-14(19)4-5-15(13)20/h4-5,10H,6-9,11-12H2,1-3H3. The number of rotatable bonds is 2. The van der Waals surface area contributed by atoms with E-state index in [1.54, 1.807) is 6.07 Å². The van der Waals surface area contributed by atoms with Gasteiger partial charge in [-0.3, -0.25) is 9.80 Å². The second-order valence-corrected chi connectivity index (χ2v) is 8.72. The molecule has 1 aromatic rings. The Morgan fingerprint density at radius 3 is 2.67 bits per heavy atom. The summed E-state index contributed by atoms with van der Waals surface area (Å²) in [4.78, 5) is 16.6. The van der Waals surface area contributed by atoms with Gasteiger partial charge in [0.05, 0.1) is 5.54 Å². The fraction of sp³-hybridized carbons (Fsp3) is 0.611. The third-order valence-electron chi connectivity index (χ3n) is 4.57. The zero-order chi connectivity index (χ0) is 17.5. The number of halogens is 2. The SMILES string of the molecule is CC(C)(C)OC(=O)N1CCN(Cc2cc(Br)ccc2F)CC12CC2. The second-order valence-electron chi connectivity index (χ2n) is 7.80. The van der Waals surface area contributed by atoms with Gasteiger partial charge in [-0.25, -0.2) is 9.18 Å². The van der Waals surface area contributed by atoms with E-state index in [2.05, 4.69) is 20.8 Å². The van der Waals surface area contributed by atoms with Crippen molar-refractivity contribution in [2.24, 2.45) is 0 Å². The highest BCUT2D eigenvalue weighted by atomic mass is 79.9. The van der Waals surface area contributed by atoms with Crippen LogP contribution in [0.5, 0.6) is 0 Å². The second kappa shape index (κ2) is 6.30. The number of hydrogen-bond donors (Lipinski definition) is 0. The van der Waals surface area contributed by atoms with Crippen LogP contribution in [0.2, 0.25) is 0 Å². The summed E-state index contributed by atoms with van der Waals surface area (Å²) in [6, 6.07) is 5.03. The molecule has 1 amide bonds. The average Bonchev–Trinajstić information content (AvgIpc) is 3.20. The van der Waals surface area contributed by atoms with Crippen LogP contribution in [0.1, 0.15) is 39.2 Å². The van der Waals surface area contributed by atoms with E-state index in [-0.39, 0.29) is 17.4 Å². The molecule has 6 heteroatoms. The molecule has 4 nitrogen and oxygen atoms in total. The maximum Gasteiger partial charge on any atom is 0.410 e. The van der Waals surface area contributed by atoms with E-state index in [9.17, 15) is 9.18 Å². The zero-order valence-corrected chi connectivity index (χ0v) is 16.0. The van der Waals surface area contributed by atoms with Crippen LogP contribution in [0.4, 0.5) is 9.18 Å². The molecular formula is C18H24BrFN2O2. The predicted molar refractivity (Wildman–Crippen MR) is 94.3 cm³/mol. The lowest BCUT2D eigenvalue weighted by molar-refractivity contribution is -0.00822. The Kier molecular flexibility index (Phi) is 4.64. The minimum absolute atomic E-state index is 0.122. The Hall–Kier alpha value is -1.14. The number of nitrogens with zero attached hydrogens (tertiary/aromatic N) is 2. The normalized spacial score (nSPS) is 20.3. The third kappa shape index (κ3) is 3.91. The Bertz CT molecular complexity index is 640. The van der Waals surface area contributed by atoms with Gasteiger partial charge in [-0.15, -0.1) is 0 Å². The summed E-state index contributed by atoms with van der Waals surface area (Å²) in [6.07, 6.45) is 1.75. The summed E-state index contributed by atoms with van der Waals surface area (Å²) in [7, 11) is 0. The van der Waals surface area contributed by atoms with Crippen molar-refractivity contribution in [3.8, 4) is 0 Å². The summed E-state index contributed by atoms with van der Waals surface area (Å²) in [5.74, 6) is -0.183. The Balaban J connectivity index is 1.66. The number of amides is 1. The van der Waals surface area contributed by atoms with E-state index >= 15 is 0 Å². The number of ether oxygens (including phenoxy) is 1. The fourth-order valence-electron chi connectivity index (χ4n) is 3.27. The van der Waals surface area contributed by atoms with Gasteiger partial charge in [0.1, 0.15) is 11.4 Å². The largest absolute Gasteiger partial charge is 0.444 e. The first-order valence-electron chi connectivity index (χ1n) is 8.35. The number of carbonyl (C=O) groups is 1. The lowest BCUT2D eigenvalue weighted by atomic mass is 10.1. The molecule has 1 aliphatic carbocycles. The molecule has 1 spiro atoms. The highest BCUT2D eigenvalue weighted by Crippen LogP contribution is 2.45. The lowest BCUT2D eigenvalue weighted by Crippen LogP contribution is -2.57. The molecule has 0 aromatic heterocycles. The van der Waals surface area contributed by atoms with Crippen molar-refractivity contribution in [3.05, 3.63) is 34.1 Å². The molecule has 1 saturated carbocycles. The van der Waals surface area contributed by atoms with Gasteiger partial charge in [0, 0.05) is 36.2 Å². The minimum atomic E-state index is -0.482. The molecule has 2 aliphatic rings. The van der Waals surface area contributed by atoms with Gasteiger partial charge in [0.25, 0.3) is 0 Å². The maximum absolute atomic E-state index is 14.0. The fourth-order valence-corrected chi connectivity index (χ4v) is 3.68. The molecule has 2 fully saturated rings. The van der Waals surface area contributed by atoms with E-state index in [1.807, 2.05) is 31.7 Å². The van der Waals surface area contributed by atoms with Gasteiger partial charge in [-0.1, -0.05) is 15.9 Å². The first-order chi connectivity index (χ1) is 11.2. The van der Waals surface area contributed by atoms with E-state index in [4.69, 9.17) is 4.74 Å². The van der Waals surface area contributed by atoms with Crippen molar-refractivity contribution in [1.82, 2.24) is 9.80 Å². The average molecular weight is 399 g/mol. The quantitative estimate of drug-likeness (QED) is 0.748. The van der Waals surface area contributed by atoms with Crippen molar-refractivity contribution in [1.29, 1.82) is 0 Å². The van der Waals surface area contributed by atoms with Gasteiger partial charge >= 0.3 is 6.09 Å². The molecule has 1 aromatic carbocycles. The molecule has 1 heterocycles. The van der Waals surface area contributed by atoms with Gasteiger partial charge < -0.3 is 4.74 Å². The smallest absolute Gasteiger partial charge is 0.410 e. The molecule has 0 atom stereocenters. The minimum Gasteiger partial charge on any atom is -0.444 e. The molecule has 1 aliphatic heterocycles. The first kappa shape index (κ1) is 17.7. The summed E-state index contributed by atoms with van der Waals surface area (Å²) >= 11 is 3.40. The molecule has 0 N–H and O–H groups in total. The van der Waals surface area contributed by atoms with Gasteiger partial charge in [0.2, 0.25) is 0 Å². The van der Waals surface area contributed by atoms with Gasteiger partial charge in [0.15, 0.2) is 0 Å². The first-order valence-corrected chi connectivity index (χ1v) is 9.15. The number of carbonyl (C=O) groups excluding carboxylic acids is 1. The number of benzene rings is 1. The number of piperazine rings is 1. The Morgan fingerprint density at radius 1 is 1.33 bits per heavy atom. The summed E-state index contributed by atoms with van der Waals surface area (Å²) < 4.78 is 20.4. The van der Waals surface area contributed by atoms with Crippen molar-refractivity contribution in [2.45, 2.75) is 51.3 Å². The summed E-state index contributed by atoms with van der Waals surface area (Å²) in [5, 5.41) is 0. The van der Waals surface area contributed by atoms with Crippen LogP contribution >= 0.6 is 15.9 Å². The molecule has 3 rings (SSSR count). The Labute approximate surface area is 151 Å². The molecule has 0 unspecified atom stereocenters. The van der Waals surface area contributed by atoms with Crippen LogP contribution < -0.4 is 0 Å². The molecular weight excluding hydrogens is 375 g/mol. The lowest BCUT2D eigenvalue weighted by Gasteiger charge is -2.42. The highest BCUT2D eigenvalue weighted by Gasteiger charge is 2.54. The molecule has 132 valence electrons. The van der Waals surface area contributed by atoms with Crippen LogP contribution in [0.25, 0.3) is 0 Å². The third-order valence-corrected chi connectivity index (χ3v) is 5.07. The van der Waals surface area contributed by atoms with Gasteiger partial charge in [-0.2, -0.15) is 0 Å². The topological polar surface area (TPSA) is 32.8 Å². The molecule has 0 bridgehead atoms. The van der Waals surface area contributed by atoms with Crippen LogP contribution in [0.15, 0.2) is 22.7 Å².